The summed E-state index contributed by atoms with van der Waals surface area (Å²) in [5, 5.41) is 8.66. The quantitative estimate of drug-likeness (QED) is 0.137. The number of amides is 1. The van der Waals surface area contributed by atoms with E-state index in [0.29, 0.717) is 0 Å². The number of nitrogens with zero attached hydrogens (tertiary/aromatic N) is 2. The summed E-state index contributed by atoms with van der Waals surface area (Å²) in [5.41, 5.74) is 3.52. The van der Waals surface area contributed by atoms with Gasteiger partial charge in [0.05, 0.1) is 26.8 Å². The van der Waals surface area contributed by atoms with Crippen LogP contribution >= 0.6 is 23.2 Å². The lowest BCUT2D eigenvalue weighted by atomic mass is 9.97. The summed E-state index contributed by atoms with van der Waals surface area (Å²) in [6.45, 7) is -0.525. The Morgan fingerprint density at radius 3 is 2.03 bits per heavy atom. The molecule has 5 aromatic carbocycles. The molecule has 0 unspecified atom stereocenters. The minimum atomic E-state index is -4.09. The first-order valence-corrected chi connectivity index (χ1v) is 13.8. The summed E-state index contributed by atoms with van der Waals surface area (Å²) < 4.78 is 27.9. The van der Waals surface area contributed by atoms with Crippen LogP contribution in [0.1, 0.15) is 5.56 Å². The molecule has 0 aliphatic heterocycles. The molecule has 0 saturated carbocycles. The Labute approximate surface area is 230 Å². The zero-order valence-corrected chi connectivity index (χ0v) is 22.2. The van der Waals surface area contributed by atoms with E-state index < -0.39 is 22.5 Å². The lowest BCUT2D eigenvalue weighted by Gasteiger charge is -2.24. The van der Waals surface area contributed by atoms with Crippen LogP contribution < -0.4 is 9.73 Å². The number of fused-ring (bicyclic) bond motifs is 2. The third-order valence-electron chi connectivity index (χ3n) is 6.01. The van der Waals surface area contributed by atoms with Gasteiger partial charge in [0.1, 0.15) is 6.54 Å². The molecule has 38 heavy (non-hydrogen) atoms. The maximum Gasteiger partial charge on any atom is 0.264 e. The number of rotatable bonds is 7. The van der Waals surface area contributed by atoms with Gasteiger partial charge in [-0.15, -0.1) is 0 Å². The molecule has 0 spiro atoms. The Kier molecular flexibility index (Phi) is 7.33. The standard InChI is InChI=1S/C29H21Cl2N3O3S/c30-27-15-14-22(17-28(27)31)34(38(36,37)23-10-2-1-3-11-23)19-29(35)33-32-18-26-24-12-6-4-8-20(24)16-21-9-5-7-13-25(21)26/h1-18H,19H2,(H,33,35)/b32-18+. The van der Waals surface area contributed by atoms with Gasteiger partial charge in [0.2, 0.25) is 0 Å². The molecule has 1 amide bonds. The highest BCUT2D eigenvalue weighted by molar-refractivity contribution is 7.92. The van der Waals surface area contributed by atoms with Crippen LogP contribution in [0.3, 0.4) is 0 Å². The van der Waals surface area contributed by atoms with Crippen molar-refractivity contribution in [3.63, 3.8) is 0 Å². The molecule has 6 nitrogen and oxygen atoms in total. The van der Waals surface area contributed by atoms with E-state index in [1.54, 1.807) is 24.4 Å². The minimum Gasteiger partial charge on any atom is -0.271 e. The van der Waals surface area contributed by atoms with Crippen LogP contribution in [0.4, 0.5) is 5.69 Å². The summed E-state index contributed by atoms with van der Waals surface area (Å²) >= 11 is 12.2. The van der Waals surface area contributed by atoms with Gasteiger partial charge in [-0.05, 0) is 57.9 Å². The number of sulfonamides is 1. The van der Waals surface area contributed by atoms with E-state index in [1.807, 2.05) is 48.5 Å². The van der Waals surface area contributed by atoms with Crippen molar-refractivity contribution in [1.82, 2.24) is 5.43 Å². The summed E-state index contributed by atoms with van der Waals surface area (Å²) in [6, 6.07) is 30.1. The Morgan fingerprint density at radius 1 is 0.789 bits per heavy atom. The van der Waals surface area contributed by atoms with Crippen LogP contribution in [0.2, 0.25) is 10.0 Å². The normalized spacial score (nSPS) is 11.7. The van der Waals surface area contributed by atoms with Crippen LogP contribution in [0.5, 0.6) is 0 Å². The molecule has 1 N–H and O–H groups in total. The number of carbonyl (C=O) groups is 1. The molecule has 0 aliphatic carbocycles. The molecular formula is C29H21Cl2N3O3S. The molecule has 9 heteroatoms. The number of halogens is 2. The summed E-state index contributed by atoms with van der Waals surface area (Å²) in [7, 11) is -4.09. The molecule has 5 rings (SSSR count). The van der Waals surface area contributed by atoms with Gasteiger partial charge >= 0.3 is 0 Å². The highest BCUT2D eigenvalue weighted by atomic mass is 35.5. The van der Waals surface area contributed by atoms with Crippen molar-refractivity contribution < 1.29 is 13.2 Å². The van der Waals surface area contributed by atoms with Gasteiger partial charge in [0.15, 0.2) is 0 Å². The van der Waals surface area contributed by atoms with E-state index in [9.17, 15) is 13.2 Å². The molecule has 0 bridgehead atoms. The van der Waals surface area contributed by atoms with Crippen molar-refractivity contribution >= 4 is 72.6 Å². The second-order valence-corrected chi connectivity index (χ2v) is 11.1. The zero-order chi connectivity index (χ0) is 26.7. The van der Waals surface area contributed by atoms with Gasteiger partial charge < -0.3 is 0 Å². The second-order valence-electron chi connectivity index (χ2n) is 8.45. The summed E-state index contributed by atoms with van der Waals surface area (Å²) in [5.74, 6) is -0.628. The van der Waals surface area contributed by atoms with E-state index in [0.717, 1.165) is 31.4 Å². The molecular weight excluding hydrogens is 541 g/mol. The molecule has 0 aliphatic rings. The van der Waals surface area contributed by atoms with Gasteiger partial charge in [-0.3, -0.25) is 9.10 Å². The van der Waals surface area contributed by atoms with Crippen LogP contribution in [0.15, 0.2) is 113 Å². The van der Waals surface area contributed by atoms with Crippen molar-refractivity contribution in [3.8, 4) is 0 Å². The van der Waals surface area contributed by atoms with Crippen molar-refractivity contribution in [2.24, 2.45) is 5.10 Å². The third-order valence-corrected chi connectivity index (χ3v) is 8.53. The SMILES string of the molecule is O=C(CN(c1ccc(Cl)c(Cl)c1)S(=O)(=O)c1ccccc1)N/N=C/c1c2ccccc2cc2ccccc12. The Bertz CT molecular complexity index is 1740. The average molecular weight is 562 g/mol. The third kappa shape index (κ3) is 5.22. The van der Waals surface area contributed by atoms with Crippen LogP contribution in [-0.2, 0) is 14.8 Å². The zero-order valence-electron chi connectivity index (χ0n) is 19.9. The van der Waals surface area contributed by atoms with Gasteiger partial charge in [-0.25, -0.2) is 13.8 Å². The highest BCUT2D eigenvalue weighted by Crippen LogP contribution is 2.31. The number of hydrogen-bond donors (Lipinski definition) is 1. The van der Waals surface area contributed by atoms with E-state index in [2.05, 4.69) is 16.6 Å². The first-order valence-electron chi connectivity index (χ1n) is 11.6. The van der Waals surface area contributed by atoms with Crippen LogP contribution in [0, 0.1) is 0 Å². The van der Waals surface area contributed by atoms with Gasteiger partial charge in [-0.2, -0.15) is 5.10 Å². The number of nitrogens with one attached hydrogen (secondary N) is 1. The van der Waals surface area contributed by atoms with Crippen LogP contribution in [0.25, 0.3) is 21.5 Å². The Morgan fingerprint density at radius 2 is 1.39 bits per heavy atom. The maximum atomic E-state index is 13.5. The Balaban J connectivity index is 1.45. The van der Waals surface area contributed by atoms with E-state index in [1.165, 1.54) is 30.3 Å². The number of hydrazone groups is 1. The van der Waals surface area contributed by atoms with Crippen molar-refractivity contribution in [2.75, 3.05) is 10.8 Å². The fourth-order valence-electron chi connectivity index (χ4n) is 4.20. The molecule has 0 aromatic heterocycles. The topological polar surface area (TPSA) is 78.8 Å². The van der Waals surface area contributed by atoms with Gasteiger partial charge in [-0.1, -0.05) is 89.9 Å². The van der Waals surface area contributed by atoms with E-state index >= 15 is 0 Å². The molecule has 0 atom stereocenters. The highest BCUT2D eigenvalue weighted by Gasteiger charge is 2.27. The molecule has 0 radical (unpaired) electrons. The largest absolute Gasteiger partial charge is 0.271 e. The van der Waals surface area contributed by atoms with E-state index in [4.69, 9.17) is 23.2 Å². The second kappa shape index (κ2) is 10.8. The number of benzene rings is 5. The average Bonchev–Trinajstić information content (AvgIpc) is 2.93. The molecule has 0 saturated heterocycles. The van der Waals surface area contributed by atoms with Gasteiger partial charge in [0, 0.05) is 5.56 Å². The summed E-state index contributed by atoms with van der Waals surface area (Å²) in [6.07, 6.45) is 1.58. The van der Waals surface area contributed by atoms with Crippen molar-refractivity contribution in [1.29, 1.82) is 0 Å². The van der Waals surface area contributed by atoms with Crippen molar-refractivity contribution in [2.45, 2.75) is 4.90 Å². The fourth-order valence-corrected chi connectivity index (χ4v) is 5.92. The fraction of sp³-hybridized carbons (Fsp3) is 0.0345. The lowest BCUT2D eigenvalue weighted by Crippen LogP contribution is -2.39. The molecule has 5 aromatic rings. The first-order chi connectivity index (χ1) is 18.3. The van der Waals surface area contributed by atoms with Crippen LogP contribution in [-0.4, -0.2) is 27.1 Å². The first kappa shape index (κ1) is 25.7. The number of hydrogen-bond acceptors (Lipinski definition) is 4. The number of carbonyl (C=O) groups excluding carboxylic acids is 1. The molecule has 0 fully saturated rings. The monoisotopic (exact) mass is 561 g/mol. The maximum absolute atomic E-state index is 13.5. The number of anilines is 1. The molecule has 190 valence electrons. The summed E-state index contributed by atoms with van der Waals surface area (Å²) in [4.78, 5) is 13.0. The predicted molar refractivity (Wildman–Crippen MR) is 155 cm³/mol. The lowest BCUT2D eigenvalue weighted by molar-refractivity contribution is -0.119. The molecule has 0 heterocycles. The smallest absolute Gasteiger partial charge is 0.264 e. The predicted octanol–water partition coefficient (Wildman–Crippen LogP) is 6.65. The Hall–Kier alpha value is -3.91. The van der Waals surface area contributed by atoms with E-state index in [-0.39, 0.29) is 20.6 Å². The van der Waals surface area contributed by atoms with Crippen molar-refractivity contribution in [3.05, 3.63) is 119 Å². The minimum absolute atomic E-state index is 0.0320. The van der Waals surface area contributed by atoms with Gasteiger partial charge in [0.25, 0.3) is 15.9 Å².